The molecule has 630 valence electrons. The van der Waals surface area contributed by atoms with Gasteiger partial charge in [-0.25, -0.2) is 9.13 Å². The smallest absolute Gasteiger partial charge is 0.462 e. The first kappa shape index (κ1) is 104. The molecule has 0 aromatic carbocycles. The number of hydrogen-bond donors (Lipinski definition) is 3. The summed E-state index contributed by atoms with van der Waals surface area (Å²) < 4.78 is 68.9. The van der Waals surface area contributed by atoms with Crippen LogP contribution in [-0.2, 0) is 65.4 Å². The molecule has 6 atom stereocenters. The van der Waals surface area contributed by atoms with Crippen molar-refractivity contribution in [3.63, 3.8) is 0 Å². The third kappa shape index (κ3) is 78.7. The summed E-state index contributed by atoms with van der Waals surface area (Å²) in [6.45, 7) is 9.68. The van der Waals surface area contributed by atoms with Crippen LogP contribution in [-0.4, -0.2) is 96.7 Å². The van der Waals surface area contributed by atoms with Gasteiger partial charge in [0.05, 0.1) is 26.4 Å². The van der Waals surface area contributed by atoms with Gasteiger partial charge in [0, 0.05) is 25.7 Å². The molecule has 0 aromatic heterocycles. The third-order valence-electron chi connectivity index (χ3n) is 20.8. The number of ether oxygens (including phenoxy) is 4. The summed E-state index contributed by atoms with van der Waals surface area (Å²) >= 11 is 0. The van der Waals surface area contributed by atoms with Crippen molar-refractivity contribution >= 4 is 39.5 Å². The van der Waals surface area contributed by atoms with Crippen molar-refractivity contribution in [1.29, 1.82) is 0 Å². The first-order valence-electron chi connectivity index (χ1n) is 45.0. The predicted molar refractivity (Wildman–Crippen MR) is 437 cm³/mol. The van der Waals surface area contributed by atoms with Crippen molar-refractivity contribution in [3.05, 3.63) is 0 Å². The number of aliphatic hydroxyl groups excluding tert-OH is 1. The quantitative estimate of drug-likeness (QED) is 0.0222. The Balaban J connectivity index is 5.24. The second-order valence-electron chi connectivity index (χ2n) is 32.0. The molecule has 0 radical (unpaired) electrons. The number of carbonyl (C=O) groups excluding carboxylic acids is 4. The van der Waals surface area contributed by atoms with Crippen molar-refractivity contribution < 1.29 is 80.2 Å². The van der Waals surface area contributed by atoms with E-state index in [0.717, 1.165) is 102 Å². The van der Waals surface area contributed by atoms with Gasteiger partial charge in [-0.05, 0) is 37.5 Å². The summed E-state index contributed by atoms with van der Waals surface area (Å²) in [5, 5.41) is 10.7. The maximum Gasteiger partial charge on any atom is 0.472 e. The van der Waals surface area contributed by atoms with E-state index >= 15 is 0 Å². The molecule has 0 amide bonds. The van der Waals surface area contributed by atoms with Crippen LogP contribution in [0.3, 0.4) is 0 Å². The molecule has 0 saturated carbocycles. The van der Waals surface area contributed by atoms with Crippen LogP contribution >= 0.6 is 15.6 Å². The number of aliphatic hydroxyl groups is 1. The summed E-state index contributed by atoms with van der Waals surface area (Å²) in [7, 11) is -9.93. The molecule has 0 heterocycles. The van der Waals surface area contributed by atoms with Gasteiger partial charge in [-0.15, -0.1) is 0 Å². The van der Waals surface area contributed by atoms with Crippen LogP contribution in [0.15, 0.2) is 0 Å². The fourth-order valence-electron chi connectivity index (χ4n) is 13.6. The van der Waals surface area contributed by atoms with Gasteiger partial charge in [0.25, 0.3) is 0 Å². The van der Waals surface area contributed by atoms with Crippen molar-refractivity contribution in [2.45, 2.75) is 484 Å². The molecule has 0 aliphatic heterocycles. The molecule has 3 N–H and O–H groups in total. The maximum atomic E-state index is 13.2. The Morgan fingerprint density at radius 1 is 0.274 bits per heavy atom. The van der Waals surface area contributed by atoms with E-state index in [0.29, 0.717) is 25.7 Å². The van der Waals surface area contributed by atoms with Crippen molar-refractivity contribution in [3.8, 4) is 0 Å². The highest BCUT2D eigenvalue weighted by molar-refractivity contribution is 7.47. The summed E-state index contributed by atoms with van der Waals surface area (Å²) in [6.07, 6.45) is 70.9. The largest absolute Gasteiger partial charge is 0.472 e. The van der Waals surface area contributed by atoms with E-state index in [9.17, 15) is 43.2 Å². The van der Waals surface area contributed by atoms with Crippen molar-refractivity contribution in [1.82, 2.24) is 0 Å². The lowest BCUT2D eigenvalue weighted by atomic mass is 9.99. The molecule has 0 bridgehead atoms. The molecule has 0 rings (SSSR count). The third-order valence-corrected chi connectivity index (χ3v) is 22.7. The number of phosphoric acid groups is 2. The topological polar surface area (TPSA) is 237 Å². The van der Waals surface area contributed by atoms with Gasteiger partial charge < -0.3 is 33.8 Å². The van der Waals surface area contributed by atoms with Crippen LogP contribution in [0.4, 0.5) is 0 Å². The van der Waals surface area contributed by atoms with Crippen LogP contribution in [0.5, 0.6) is 0 Å². The molecule has 0 spiro atoms. The second-order valence-corrected chi connectivity index (χ2v) is 34.9. The normalized spacial score (nSPS) is 14.1. The fraction of sp³-hybridized carbons (Fsp3) is 0.954. The van der Waals surface area contributed by atoms with E-state index in [4.69, 9.17) is 37.0 Å². The van der Waals surface area contributed by atoms with Gasteiger partial charge in [-0.2, -0.15) is 0 Å². The molecular weight excluding hydrogens is 1380 g/mol. The van der Waals surface area contributed by atoms with Crippen molar-refractivity contribution in [2.75, 3.05) is 39.6 Å². The Bertz CT molecular complexity index is 2030. The van der Waals surface area contributed by atoms with Crippen LogP contribution < -0.4 is 0 Å². The zero-order valence-corrected chi connectivity index (χ0v) is 71.5. The summed E-state index contributed by atoms with van der Waals surface area (Å²) in [4.78, 5) is 73.3. The molecule has 0 aliphatic carbocycles. The molecule has 0 aromatic rings. The van der Waals surface area contributed by atoms with Gasteiger partial charge in [0.15, 0.2) is 12.2 Å². The Labute approximate surface area is 651 Å². The average molecular weight is 1550 g/mol. The monoisotopic (exact) mass is 1550 g/mol. The van der Waals surface area contributed by atoms with Gasteiger partial charge in [0.2, 0.25) is 0 Å². The van der Waals surface area contributed by atoms with Crippen LogP contribution in [0.25, 0.3) is 0 Å². The minimum Gasteiger partial charge on any atom is -0.462 e. The van der Waals surface area contributed by atoms with E-state index < -0.39 is 97.5 Å². The SMILES string of the molecule is CCCCCCCCCCCCCCCCCCCCCCCC(=O)O[C@H](COC(=O)CCCCCCCCCCCCCCCCCCCCC)COP(=O)(O)OC[C@@H](O)COP(=O)(O)OC[C@@H](COC(=O)CCCCCCCCCCC(C)CC)OC(=O)CCCCCCCCCCCCCC(C)C. The molecule has 0 saturated heterocycles. The maximum absolute atomic E-state index is 13.2. The Kier molecular flexibility index (Phi) is 76.9. The minimum absolute atomic E-state index is 0.106. The van der Waals surface area contributed by atoms with Crippen LogP contribution in [0.2, 0.25) is 0 Å². The number of carbonyl (C=O) groups is 4. The number of unbranched alkanes of at least 4 members (excludes halogenated alkanes) is 55. The predicted octanol–water partition coefficient (Wildman–Crippen LogP) is 26.6. The molecule has 3 unspecified atom stereocenters. The molecule has 17 nitrogen and oxygen atoms in total. The van der Waals surface area contributed by atoms with Crippen LogP contribution in [0, 0.1) is 11.8 Å². The molecular formula is C87H170O17P2. The van der Waals surface area contributed by atoms with Gasteiger partial charge in [-0.1, -0.05) is 414 Å². The van der Waals surface area contributed by atoms with Gasteiger partial charge >= 0.3 is 39.5 Å². The van der Waals surface area contributed by atoms with Crippen LogP contribution in [0.1, 0.15) is 465 Å². The zero-order valence-electron chi connectivity index (χ0n) is 69.7. The first-order chi connectivity index (χ1) is 51.4. The highest BCUT2D eigenvalue weighted by atomic mass is 31.2. The number of phosphoric ester groups is 2. The fourth-order valence-corrected chi connectivity index (χ4v) is 15.1. The Morgan fingerprint density at radius 3 is 0.717 bits per heavy atom. The molecule has 19 heteroatoms. The first-order valence-corrected chi connectivity index (χ1v) is 48.0. The molecule has 0 fully saturated rings. The lowest BCUT2D eigenvalue weighted by molar-refractivity contribution is -0.161. The standard InChI is InChI=1S/C87H170O17P2/c1-7-10-12-14-16-18-20-22-24-26-28-29-31-33-35-37-41-45-53-59-65-71-86(91)103-82(75-97-84(89)69-63-57-51-44-40-36-34-32-30-27-25-23-21-19-17-15-13-11-8-2)77-101-105(93,94)99-73-81(88)74-100-106(95,96)102-78-83(76-98-85(90)70-64-58-52-48-47-50-56-62-68-80(6)9-3)104-87(92)72-66-60-54-46-42-38-39-43-49-55-61-67-79(4)5/h79-83,88H,7-78H2,1-6H3,(H,93,94)(H,95,96)/t80?,81-,82-,83-/m1/s1. The van der Waals surface area contributed by atoms with Gasteiger partial charge in [-0.3, -0.25) is 37.3 Å². The lowest BCUT2D eigenvalue weighted by Gasteiger charge is -2.21. The van der Waals surface area contributed by atoms with E-state index in [1.807, 2.05) is 0 Å². The van der Waals surface area contributed by atoms with E-state index in [1.54, 1.807) is 0 Å². The number of hydrogen-bond acceptors (Lipinski definition) is 15. The average Bonchev–Trinajstić information content (AvgIpc) is 0.911. The number of rotatable bonds is 86. The Hall–Kier alpha value is -1.94. The molecule has 0 aliphatic rings. The number of esters is 4. The lowest BCUT2D eigenvalue weighted by Crippen LogP contribution is -2.30. The Morgan fingerprint density at radius 2 is 0.481 bits per heavy atom. The highest BCUT2D eigenvalue weighted by Crippen LogP contribution is 2.45. The summed E-state index contributed by atoms with van der Waals surface area (Å²) in [5.74, 6) is -0.559. The highest BCUT2D eigenvalue weighted by Gasteiger charge is 2.30. The van der Waals surface area contributed by atoms with E-state index in [-0.39, 0.29) is 25.7 Å². The second kappa shape index (κ2) is 78.3. The summed E-state index contributed by atoms with van der Waals surface area (Å²) in [6, 6.07) is 0. The van der Waals surface area contributed by atoms with E-state index in [2.05, 4.69) is 41.5 Å². The molecule has 106 heavy (non-hydrogen) atoms. The summed E-state index contributed by atoms with van der Waals surface area (Å²) in [5.41, 5.74) is 0. The van der Waals surface area contributed by atoms with Gasteiger partial charge in [0.1, 0.15) is 19.3 Å². The van der Waals surface area contributed by atoms with E-state index in [1.165, 1.54) is 283 Å². The van der Waals surface area contributed by atoms with Crippen molar-refractivity contribution in [2.24, 2.45) is 11.8 Å². The zero-order chi connectivity index (χ0) is 77.8. The minimum atomic E-state index is -4.97.